The molecule has 0 bridgehead atoms. The fourth-order valence-corrected chi connectivity index (χ4v) is 3.58. The standard InChI is InChI=1S/C23H27N3O2/c27-22(20-10-11-20)24-16-18-6-8-21(9-7-18)23(28)26-14-12-25(13-15-26)17-19-4-2-1-3-5-19/h1-9,20H,10-17H2,(H,24,27). The highest BCUT2D eigenvalue weighted by atomic mass is 16.2. The molecule has 2 aliphatic rings. The van der Waals surface area contributed by atoms with Gasteiger partial charge in [0.15, 0.2) is 0 Å². The molecule has 2 fully saturated rings. The molecule has 4 rings (SSSR count). The highest BCUT2D eigenvalue weighted by Gasteiger charge is 2.29. The maximum absolute atomic E-state index is 12.8. The van der Waals surface area contributed by atoms with E-state index < -0.39 is 0 Å². The van der Waals surface area contributed by atoms with Crippen LogP contribution in [-0.2, 0) is 17.9 Å². The molecule has 2 amide bonds. The van der Waals surface area contributed by atoms with Gasteiger partial charge in [-0.05, 0) is 36.1 Å². The number of nitrogens with zero attached hydrogens (tertiary/aromatic N) is 2. The maximum Gasteiger partial charge on any atom is 0.253 e. The fourth-order valence-electron chi connectivity index (χ4n) is 3.58. The SMILES string of the molecule is O=C(NCc1ccc(C(=O)N2CCN(Cc3ccccc3)CC2)cc1)C1CC1. The van der Waals surface area contributed by atoms with E-state index in [1.54, 1.807) is 0 Å². The van der Waals surface area contributed by atoms with E-state index in [0.717, 1.165) is 51.1 Å². The number of rotatable bonds is 6. The van der Waals surface area contributed by atoms with Gasteiger partial charge in [0.2, 0.25) is 5.91 Å². The Balaban J connectivity index is 1.25. The topological polar surface area (TPSA) is 52.7 Å². The van der Waals surface area contributed by atoms with Crippen molar-refractivity contribution in [2.45, 2.75) is 25.9 Å². The van der Waals surface area contributed by atoms with Crippen LogP contribution in [0.25, 0.3) is 0 Å². The molecule has 28 heavy (non-hydrogen) atoms. The second-order valence-corrected chi connectivity index (χ2v) is 7.74. The molecule has 1 heterocycles. The third-order valence-electron chi connectivity index (χ3n) is 5.52. The van der Waals surface area contributed by atoms with E-state index in [-0.39, 0.29) is 17.7 Å². The molecule has 5 nitrogen and oxygen atoms in total. The van der Waals surface area contributed by atoms with Crippen molar-refractivity contribution in [3.05, 3.63) is 71.3 Å². The Morgan fingerprint density at radius 1 is 0.857 bits per heavy atom. The predicted octanol–water partition coefficient (Wildman–Crippen LogP) is 2.67. The molecule has 1 aliphatic heterocycles. The first kappa shape index (κ1) is 18.7. The van der Waals surface area contributed by atoms with Crippen molar-refractivity contribution in [1.29, 1.82) is 0 Å². The van der Waals surface area contributed by atoms with E-state index in [0.29, 0.717) is 12.1 Å². The Morgan fingerprint density at radius 3 is 2.18 bits per heavy atom. The zero-order valence-corrected chi connectivity index (χ0v) is 16.1. The molecule has 1 aliphatic carbocycles. The van der Waals surface area contributed by atoms with E-state index in [4.69, 9.17) is 0 Å². The lowest BCUT2D eigenvalue weighted by Crippen LogP contribution is -2.48. The van der Waals surface area contributed by atoms with Crippen LogP contribution in [0.3, 0.4) is 0 Å². The van der Waals surface area contributed by atoms with Gasteiger partial charge < -0.3 is 10.2 Å². The van der Waals surface area contributed by atoms with Crippen LogP contribution in [-0.4, -0.2) is 47.8 Å². The van der Waals surface area contributed by atoms with Gasteiger partial charge in [-0.2, -0.15) is 0 Å². The molecule has 0 radical (unpaired) electrons. The van der Waals surface area contributed by atoms with Gasteiger partial charge in [-0.15, -0.1) is 0 Å². The zero-order chi connectivity index (χ0) is 19.3. The van der Waals surface area contributed by atoms with Crippen molar-refractivity contribution in [3.8, 4) is 0 Å². The Kier molecular flexibility index (Phi) is 5.72. The number of piperazine rings is 1. The van der Waals surface area contributed by atoms with Crippen molar-refractivity contribution in [3.63, 3.8) is 0 Å². The van der Waals surface area contributed by atoms with Gasteiger partial charge in [-0.3, -0.25) is 14.5 Å². The molecule has 0 atom stereocenters. The summed E-state index contributed by atoms with van der Waals surface area (Å²) >= 11 is 0. The first-order valence-corrected chi connectivity index (χ1v) is 10.1. The van der Waals surface area contributed by atoms with Gasteiger partial charge in [0, 0.05) is 50.7 Å². The number of hydrogen-bond donors (Lipinski definition) is 1. The Morgan fingerprint density at radius 2 is 1.54 bits per heavy atom. The van der Waals surface area contributed by atoms with Crippen molar-refractivity contribution in [1.82, 2.24) is 15.1 Å². The Hall–Kier alpha value is -2.66. The number of carbonyl (C=O) groups excluding carboxylic acids is 2. The Bertz CT molecular complexity index is 808. The smallest absolute Gasteiger partial charge is 0.253 e. The fraction of sp³-hybridized carbons (Fsp3) is 0.391. The van der Waals surface area contributed by atoms with Crippen molar-refractivity contribution >= 4 is 11.8 Å². The van der Waals surface area contributed by atoms with Crippen LogP contribution in [0.5, 0.6) is 0 Å². The van der Waals surface area contributed by atoms with Crippen LogP contribution in [0.2, 0.25) is 0 Å². The van der Waals surface area contributed by atoms with E-state index in [2.05, 4.69) is 34.5 Å². The number of hydrogen-bond acceptors (Lipinski definition) is 3. The minimum absolute atomic E-state index is 0.0907. The van der Waals surface area contributed by atoms with Crippen LogP contribution < -0.4 is 5.32 Å². The molecule has 5 heteroatoms. The number of amides is 2. The summed E-state index contributed by atoms with van der Waals surface area (Å²) in [5.74, 6) is 0.461. The highest BCUT2D eigenvalue weighted by Crippen LogP contribution is 2.28. The summed E-state index contributed by atoms with van der Waals surface area (Å²) in [4.78, 5) is 28.8. The molecule has 0 aromatic heterocycles. The largest absolute Gasteiger partial charge is 0.352 e. The van der Waals surface area contributed by atoms with E-state index in [9.17, 15) is 9.59 Å². The average Bonchev–Trinajstić information content (AvgIpc) is 3.59. The molecular weight excluding hydrogens is 350 g/mol. The summed E-state index contributed by atoms with van der Waals surface area (Å²) in [6, 6.07) is 18.1. The second kappa shape index (κ2) is 8.57. The van der Waals surface area contributed by atoms with Gasteiger partial charge in [0.25, 0.3) is 5.91 Å². The summed E-state index contributed by atoms with van der Waals surface area (Å²) in [6.45, 7) is 4.76. The zero-order valence-electron chi connectivity index (χ0n) is 16.1. The van der Waals surface area contributed by atoms with Gasteiger partial charge in [0.1, 0.15) is 0 Å². The summed E-state index contributed by atoms with van der Waals surface area (Å²) in [6.07, 6.45) is 2.02. The summed E-state index contributed by atoms with van der Waals surface area (Å²) in [5, 5.41) is 2.96. The van der Waals surface area contributed by atoms with E-state index >= 15 is 0 Å². The summed E-state index contributed by atoms with van der Waals surface area (Å²) in [7, 11) is 0. The van der Waals surface area contributed by atoms with E-state index in [1.807, 2.05) is 35.2 Å². The summed E-state index contributed by atoms with van der Waals surface area (Å²) < 4.78 is 0. The molecule has 1 saturated carbocycles. The lowest BCUT2D eigenvalue weighted by molar-refractivity contribution is -0.122. The third kappa shape index (κ3) is 4.78. The minimum atomic E-state index is 0.0907. The first-order valence-electron chi connectivity index (χ1n) is 10.1. The van der Waals surface area contributed by atoms with Crippen LogP contribution in [0.15, 0.2) is 54.6 Å². The van der Waals surface area contributed by atoms with Crippen LogP contribution >= 0.6 is 0 Å². The predicted molar refractivity (Wildman–Crippen MR) is 109 cm³/mol. The first-order chi connectivity index (χ1) is 13.7. The third-order valence-corrected chi connectivity index (χ3v) is 5.52. The number of carbonyl (C=O) groups is 2. The second-order valence-electron chi connectivity index (χ2n) is 7.74. The van der Waals surface area contributed by atoms with Crippen molar-refractivity contribution in [2.24, 2.45) is 5.92 Å². The molecule has 1 N–H and O–H groups in total. The molecule has 2 aromatic rings. The normalized spacial score (nSPS) is 17.4. The Labute approximate surface area is 166 Å². The minimum Gasteiger partial charge on any atom is -0.352 e. The highest BCUT2D eigenvalue weighted by molar-refractivity contribution is 5.94. The molecule has 2 aromatic carbocycles. The quantitative estimate of drug-likeness (QED) is 0.842. The molecule has 146 valence electrons. The van der Waals surface area contributed by atoms with Gasteiger partial charge >= 0.3 is 0 Å². The lowest BCUT2D eigenvalue weighted by atomic mass is 10.1. The summed E-state index contributed by atoms with van der Waals surface area (Å²) in [5.41, 5.74) is 3.05. The molecular formula is C23H27N3O2. The molecule has 0 unspecified atom stereocenters. The van der Waals surface area contributed by atoms with E-state index in [1.165, 1.54) is 5.56 Å². The maximum atomic E-state index is 12.8. The van der Waals surface area contributed by atoms with Crippen LogP contribution in [0.4, 0.5) is 0 Å². The van der Waals surface area contributed by atoms with Gasteiger partial charge in [-0.1, -0.05) is 42.5 Å². The van der Waals surface area contributed by atoms with Crippen molar-refractivity contribution in [2.75, 3.05) is 26.2 Å². The lowest BCUT2D eigenvalue weighted by Gasteiger charge is -2.34. The van der Waals surface area contributed by atoms with Crippen molar-refractivity contribution < 1.29 is 9.59 Å². The molecule has 1 saturated heterocycles. The molecule has 0 spiro atoms. The van der Waals surface area contributed by atoms with Gasteiger partial charge in [-0.25, -0.2) is 0 Å². The van der Waals surface area contributed by atoms with Gasteiger partial charge in [0.05, 0.1) is 0 Å². The van der Waals surface area contributed by atoms with Crippen LogP contribution in [0, 0.1) is 5.92 Å². The van der Waals surface area contributed by atoms with Crippen LogP contribution in [0.1, 0.15) is 34.3 Å². The number of nitrogens with one attached hydrogen (secondary N) is 1. The number of benzene rings is 2. The average molecular weight is 377 g/mol. The monoisotopic (exact) mass is 377 g/mol.